The lowest BCUT2D eigenvalue weighted by molar-refractivity contribution is 0.463. The van der Waals surface area contributed by atoms with E-state index in [0.717, 1.165) is 17.7 Å². The van der Waals surface area contributed by atoms with Crippen LogP contribution < -0.4 is 10.3 Å². The number of rotatable bonds is 6. The zero-order chi connectivity index (χ0) is 23.5. The van der Waals surface area contributed by atoms with Crippen molar-refractivity contribution in [2.75, 3.05) is 0 Å². The lowest BCUT2D eigenvalue weighted by atomic mass is 9.98. The highest BCUT2D eigenvalue weighted by atomic mass is 16.5. The molecule has 0 N–H and O–H groups in total. The first-order valence-corrected chi connectivity index (χ1v) is 11.5. The van der Waals surface area contributed by atoms with Gasteiger partial charge in [0.1, 0.15) is 11.6 Å². The summed E-state index contributed by atoms with van der Waals surface area (Å²) in [6, 6.07) is 28.8. The third-order valence-corrected chi connectivity index (χ3v) is 6.07. The number of benzene rings is 3. The number of fused-ring (bicyclic) bond motifs is 1. The minimum Gasteiger partial charge on any atom is -0.439 e. The van der Waals surface area contributed by atoms with Crippen molar-refractivity contribution in [1.82, 2.24) is 14.5 Å². The van der Waals surface area contributed by atoms with Gasteiger partial charge in [-0.2, -0.15) is 0 Å². The summed E-state index contributed by atoms with van der Waals surface area (Å²) in [7, 11) is 0. The molecule has 0 saturated heterocycles. The first-order valence-electron chi connectivity index (χ1n) is 11.5. The van der Waals surface area contributed by atoms with Crippen LogP contribution in [0.25, 0.3) is 28.0 Å². The number of ether oxygens (including phenoxy) is 1. The molecule has 1 atom stereocenters. The number of hydrogen-bond donors (Lipinski definition) is 0. The molecule has 2 heterocycles. The van der Waals surface area contributed by atoms with Gasteiger partial charge >= 0.3 is 0 Å². The van der Waals surface area contributed by atoms with E-state index in [1.807, 2.05) is 72.8 Å². The lowest BCUT2D eigenvalue weighted by Crippen LogP contribution is -2.22. The van der Waals surface area contributed by atoms with Gasteiger partial charge in [0, 0.05) is 17.8 Å². The van der Waals surface area contributed by atoms with Crippen molar-refractivity contribution in [3.8, 4) is 28.7 Å². The Morgan fingerprint density at radius 2 is 1.62 bits per heavy atom. The largest absolute Gasteiger partial charge is 0.439 e. The Morgan fingerprint density at radius 1 is 0.882 bits per heavy atom. The minimum atomic E-state index is -0.110. The highest BCUT2D eigenvalue weighted by molar-refractivity contribution is 5.80. The average Bonchev–Trinajstić information content (AvgIpc) is 2.89. The molecule has 5 aromatic rings. The van der Waals surface area contributed by atoms with E-state index in [0.29, 0.717) is 34.3 Å². The SMILES string of the molecule is CCC(C)c1ccc(-n2c(-c3ccc(Oc4ccccc4)nc3)nc3ccccc3c2=O)cc1. The van der Waals surface area contributed by atoms with E-state index in [-0.39, 0.29) is 5.56 Å². The molecular weight excluding hydrogens is 422 g/mol. The summed E-state index contributed by atoms with van der Waals surface area (Å²) in [6.45, 7) is 4.38. The van der Waals surface area contributed by atoms with Gasteiger partial charge in [-0.05, 0) is 60.4 Å². The summed E-state index contributed by atoms with van der Waals surface area (Å²) in [5.41, 5.74) is 3.30. The molecule has 3 aromatic carbocycles. The second-order valence-electron chi connectivity index (χ2n) is 8.29. The van der Waals surface area contributed by atoms with E-state index in [2.05, 4.69) is 31.0 Å². The molecule has 0 bridgehead atoms. The first-order chi connectivity index (χ1) is 16.6. The number of para-hydroxylation sites is 2. The maximum Gasteiger partial charge on any atom is 0.266 e. The van der Waals surface area contributed by atoms with Crippen LogP contribution in [-0.2, 0) is 0 Å². The number of nitrogens with zero attached hydrogens (tertiary/aromatic N) is 3. The molecule has 0 spiro atoms. The normalized spacial score (nSPS) is 11.9. The van der Waals surface area contributed by atoms with Crippen LogP contribution in [0.15, 0.2) is 102 Å². The molecule has 0 amide bonds. The van der Waals surface area contributed by atoms with E-state index < -0.39 is 0 Å². The predicted octanol–water partition coefficient (Wildman–Crippen LogP) is 6.75. The predicted molar refractivity (Wildman–Crippen MR) is 136 cm³/mol. The fraction of sp³-hybridized carbons (Fsp3) is 0.138. The Morgan fingerprint density at radius 3 is 2.32 bits per heavy atom. The van der Waals surface area contributed by atoms with Crippen LogP contribution >= 0.6 is 0 Å². The van der Waals surface area contributed by atoms with Crippen LogP contribution in [0, 0.1) is 0 Å². The van der Waals surface area contributed by atoms with Gasteiger partial charge in [0.05, 0.1) is 16.6 Å². The van der Waals surface area contributed by atoms with Crippen LogP contribution in [0.5, 0.6) is 11.6 Å². The van der Waals surface area contributed by atoms with E-state index in [4.69, 9.17) is 9.72 Å². The Bertz CT molecular complexity index is 1470. The summed E-state index contributed by atoms with van der Waals surface area (Å²) in [6.07, 6.45) is 2.75. The standard InChI is InChI=1S/C29H25N3O2/c1-3-20(2)21-13-16-23(17-14-21)32-28(31-26-12-8-7-11-25(26)29(32)33)22-15-18-27(30-19-22)34-24-9-5-4-6-10-24/h4-20H,3H2,1-2H3. The highest BCUT2D eigenvalue weighted by Crippen LogP contribution is 2.26. The molecule has 5 heteroatoms. The van der Waals surface area contributed by atoms with Crippen molar-refractivity contribution in [2.45, 2.75) is 26.2 Å². The van der Waals surface area contributed by atoms with Crippen molar-refractivity contribution in [2.24, 2.45) is 0 Å². The Labute approximate surface area is 198 Å². The molecule has 0 fully saturated rings. The van der Waals surface area contributed by atoms with E-state index in [9.17, 15) is 4.79 Å². The highest BCUT2D eigenvalue weighted by Gasteiger charge is 2.15. The quantitative estimate of drug-likeness (QED) is 0.289. The van der Waals surface area contributed by atoms with Crippen LogP contribution in [0.3, 0.4) is 0 Å². The van der Waals surface area contributed by atoms with Crippen LogP contribution in [0.4, 0.5) is 0 Å². The molecule has 0 aliphatic rings. The van der Waals surface area contributed by atoms with E-state index in [1.54, 1.807) is 16.8 Å². The molecule has 2 aromatic heterocycles. The smallest absolute Gasteiger partial charge is 0.266 e. The van der Waals surface area contributed by atoms with Crippen molar-refractivity contribution in [3.63, 3.8) is 0 Å². The van der Waals surface area contributed by atoms with Gasteiger partial charge in [-0.1, -0.05) is 56.3 Å². The number of pyridine rings is 1. The Kier molecular flexibility index (Phi) is 5.91. The summed E-state index contributed by atoms with van der Waals surface area (Å²) in [5.74, 6) is 2.19. The molecule has 1 unspecified atom stereocenters. The van der Waals surface area contributed by atoms with Crippen LogP contribution in [-0.4, -0.2) is 14.5 Å². The number of aromatic nitrogens is 3. The summed E-state index contributed by atoms with van der Waals surface area (Å²) >= 11 is 0. The molecule has 0 radical (unpaired) electrons. The molecule has 5 rings (SSSR count). The average molecular weight is 448 g/mol. The summed E-state index contributed by atoms with van der Waals surface area (Å²) in [5, 5.41) is 0.578. The Hall–Kier alpha value is -4.25. The zero-order valence-corrected chi connectivity index (χ0v) is 19.2. The van der Waals surface area contributed by atoms with Crippen molar-refractivity contribution in [3.05, 3.63) is 113 Å². The van der Waals surface area contributed by atoms with Gasteiger partial charge in [0.15, 0.2) is 0 Å². The van der Waals surface area contributed by atoms with Gasteiger partial charge in [0.25, 0.3) is 5.56 Å². The Balaban J connectivity index is 1.61. The van der Waals surface area contributed by atoms with Crippen LogP contribution in [0.1, 0.15) is 31.7 Å². The van der Waals surface area contributed by atoms with Crippen molar-refractivity contribution < 1.29 is 4.74 Å². The fourth-order valence-corrected chi connectivity index (χ4v) is 3.94. The van der Waals surface area contributed by atoms with Gasteiger partial charge in [-0.3, -0.25) is 9.36 Å². The molecule has 5 nitrogen and oxygen atoms in total. The summed E-state index contributed by atoms with van der Waals surface area (Å²) in [4.78, 5) is 22.9. The van der Waals surface area contributed by atoms with E-state index in [1.165, 1.54) is 5.56 Å². The molecule has 0 aliphatic heterocycles. The molecule has 0 saturated carbocycles. The fourth-order valence-electron chi connectivity index (χ4n) is 3.94. The second kappa shape index (κ2) is 9.32. The van der Waals surface area contributed by atoms with Gasteiger partial charge in [0.2, 0.25) is 5.88 Å². The molecule has 34 heavy (non-hydrogen) atoms. The first kappa shape index (κ1) is 21.6. The maximum atomic E-state index is 13.6. The third kappa shape index (κ3) is 4.20. The van der Waals surface area contributed by atoms with Crippen LogP contribution in [0.2, 0.25) is 0 Å². The van der Waals surface area contributed by atoms with Crippen molar-refractivity contribution in [1.29, 1.82) is 0 Å². The molecule has 168 valence electrons. The van der Waals surface area contributed by atoms with Crippen molar-refractivity contribution >= 4 is 10.9 Å². The number of hydrogen-bond acceptors (Lipinski definition) is 4. The monoisotopic (exact) mass is 447 g/mol. The van der Waals surface area contributed by atoms with E-state index >= 15 is 0 Å². The third-order valence-electron chi connectivity index (χ3n) is 6.07. The second-order valence-corrected chi connectivity index (χ2v) is 8.29. The topological polar surface area (TPSA) is 57.0 Å². The maximum absolute atomic E-state index is 13.6. The lowest BCUT2D eigenvalue weighted by Gasteiger charge is -2.15. The molecular formula is C29H25N3O2. The minimum absolute atomic E-state index is 0.110. The van der Waals surface area contributed by atoms with Gasteiger partial charge < -0.3 is 4.74 Å². The molecule has 0 aliphatic carbocycles. The van der Waals surface area contributed by atoms with Gasteiger partial charge in [-0.15, -0.1) is 0 Å². The van der Waals surface area contributed by atoms with Gasteiger partial charge in [-0.25, -0.2) is 9.97 Å². The zero-order valence-electron chi connectivity index (χ0n) is 19.2. The summed E-state index contributed by atoms with van der Waals surface area (Å²) < 4.78 is 7.49.